The molecule has 0 spiro atoms. The largest absolute Gasteiger partial charge is 0.395 e. The maximum atomic E-state index is 9.24. The highest BCUT2D eigenvalue weighted by molar-refractivity contribution is 7.11. The van der Waals surface area contributed by atoms with Gasteiger partial charge in [-0.2, -0.15) is 0 Å². The van der Waals surface area contributed by atoms with Crippen molar-refractivity contribution in [3.8, 4) is 0 Å². The van der Waals surface area contributed by atoms with Crippen molar-refractivity contribution in [1.29, 1.82) is 0 Å². The number of aromatic nitrogens is 2. The minimum atomic E-state index is 0.181. The Balaban J connectivity index is 1.59. The Kier molecular flexibility index (Phi) is 4.96. The van der Waals surface area contributed by atoms with Crippen LogP contribution >= 0.6 is 11.3 Å². The molecule has 1 saturated heterocycles. The summed E-state index contributed by atoms with van der Waals surface area (Å²) in [5, 5.41) is 9.24. The molecule has 1 fully saturated rings. The molecular weight excluding hydrogens is 294 g/mol. The second kappa shape index (κ2) is 6.94. The first kappa shape index (κ1) is 15.7. The molecule has 22 heavy (non-hydrogen) atoms. The smallest absolute Gasteiger partial charge is 0.112 e. The van der Waals surface area contributed by atoms with Gasteiger partial charge in [0.05, 0.1) is 6.61 Å². The number of nitrogens with zero attached hydrogens (tertiary/aromatic N) is 3. The molecule has 0 saturated carbocycles. The Hall–Kier alpha value is -1.17. The van der Waals surface area contributed by atoms with Crippen molar-refractivity contribution >= 4 is 11.3 Å². The van der Waals surface area contributed by atoms with Crippen molar-refractivity contribution in [1.82, 2.24) is 14.5 Å². The topological polar surface area (TPSA) is 41.3 Å². The van der Waals surface area contributed by atoms with Crippen LogP contribution in [0.1, 0.15) is 40.0 Å². The van der Waals surface area contributed by atoms with E-state index in [1.807, 2.05) is 17.5 Å². The average Bonchev–Trinajstić information content (AvgIpc) is 3.08. The molecule has 2 aromatic heterocycles. The van der Waals surface area contributed by atoms with Gasteiger partial charge < -0.3 is 9.67 Å². The summed E-state index contributed by atoms with van der Waals surface area (Å²) < 4.78 is 2.18. The Bertz CT molecular complexity index is 611. The van der Waals surface area contributed by atoms with Crippen LogP contribution in [0.5, 0.6) is 0 Å². The molecular formula is C17H25N3OS. The Morgan fingerprint density at radius 1 is 1.27 bits per heavy atom. The predicted octanol–water partition coefficient (Wildman–Crippen LogP) is 2.93. The minimum absolute atomic E-state index is 0.181. The second-order valence-corrected chi connectivity index (χ2v) is 7.57. The van der Waals surface area contributed by atoms with E-state index in [0.29, 0.717) is 12.5 Å². The Morgan fingerprint density at radius 2 is 2.05 bits per heavy atom. The molecule has 0 unspecified atom stereocenters. The number of piperidine rings is 1. The highest BCUT2D eigenvalue weighted by atomic mass is 32.1. The van der Waals surface area contributed by atoms with E-state index in [0.717, 1.165) is 44.0 Å². The maximum Gasteiger partial charge on any atom is 0.112 e. The van der Waals surface area contributed by atoms with Crippen molar-refractivity contribution in [2.45, 2.75) is 45.7 Å². The molecule has 120 valence electrons. The summed E-state index contributed by atoms with van der Waals surface area (Å²) in [6, 6.07) is 4.46. The quantitative estimate of drug-likeness (QED) is 0.921. The lowest BCUT2D eigenvalue weighted by Gasteiger charge is -2.31. The number of hydrogen-bond acceptors (Lipinski definition) is 4. The lowest BCUT2D eigenvalue weighted by atomic mass is 9.96. The number of aliphatic hydroxyl groups is 1. The van der Waals surface area contributed by atoms with Crippen LogP contribution in [0, 0.1) is 13.8 Å². The first-order chi connectivity index (χ1) is 10.7. The summed E-state index contributed by atoms with van der Waals surface area (Å²) in [6.45, 7) is 8.43. The average molecular weight is 319 g/mol. The fourth-order valence-corrected chi connectivity index (χ4v) is 4.27. The van der Waals surface area contributed by atoms with Gasteiger partial charge in [0.1, 0.15) is 5.82 Å². The molecule has 1 aliphatic rings. The van der Waals surface area contributed by atoms with Gasteiger partial charge in [-0.05, 0) is 51.9 Å². The fraction of sp³-hybridized carbons (Fsp3) is 0.588. The summed E-state index contributed by atoms with van der Waals surface area (Å²) in [4.78, 5) is 10.0. The van der Waals surface area contributed by atoms with Gasteiger partial charge in [-0.15, -0.1) is 11.3 Å². The van der Waals surface area contributed by atoms with Crippen LogP contribution in [0.25, 0.3) is 0 Å². The van der Waals surface area contributed by atoms with Gasteiger partial charge in [0, 0.05) is 40.7 Å². The van der Waals surface area contributed by atoms with E-state index >= 15 is 0 Å². The first-order valence-corrected chi connectivity index (χ1v) is 8.89. The molecule has 0 atom stereocenters. The highest BCUT2D eigenvalue weighted by Crippen LogP contribution is 2.29. The van der Waals surface area contributed by atoms with Crippen molar-refractivity contribution in [2.24, 2.45) is 0 Å². The SMILES string of the molecule is Cc1ccc(CN2CCC(c3ncc(C)n3CCO)CC2)s1. The molecule has 3 rings (SSSR count). The third-order valence-electron chi connectivity index (χ3n) is 4.54. The zero-order valence-electron chi connectivity index (χ0n) is 13.5. The minimum Gasteiger partial charge on any atom is -0.395 e. The van der Waals surface area contributed by atoms with Crippen molar-refractivity contribution < 1.29 is 5.11 Å². The van der Waals surface area contributed by atoms with Gasteiger partial charge in [0.15, 0.2) is 0 Å². The van der Waals surface area contributed by atoms with Crippen molar-refractivity contribution in [3.63, 3.8) is 0 Å². The van der Waals surface area contributed by atoms with Crippen molar-refractivity contribution in [3.05, 3.63) is 39.6 Å². The lowest BCUT2D eigenvalue weighted by molar-refractivity contribution is 0.199. The van der Waals surface area contributed by atoms with E-state index in [1.54, 1.807) is 0 Å². The first-order valence-electron chi connectivity index (χ1n) is 8.08. The summed E-state index contributed by atoms with van der Waals surface area (Å²) in [6.07, 6.45) is 4.25. The van der Waals surface area contributed by atoms with Crippen LogP contribution in [0.2, 0.25) is 0 Å². The number of aryl methyl sites for hydroxylation is 2. The molecule has 0 amide bonds. The molecule has 4 nitrogen and oxygen atoms in total. The zero-order chi connectivity index (χ0) is 15.5. The van der Waals surface area contributed by atoms with E-state index in [2.05, 4.69) is 40.4 Å². The molecule has 3 heterocycles. The predicted molar refractivity (Wildman–Crippen MR) is 90.4 cm³/mol. The summed E-state index contributed by atoms with van der Waals surface area (Å²) in [5.41, 5.74) is 1.15. The number of imidazole rings is 1. The third-order valence-corrected chi connectivity index (χ3v) is 5.52. The van der Waals surface area contributed by atoms with E-state index in [4.69, 9.17) is 0 Å². The van der Waals surface area contributed by atoms with Crippen LogP contribution in [0.3, 0.4) is 0 Å². The lowest BCUT2D eigenvalue weighted by Crippen LogP contribution is -2.33. The molecule has 0 bridgehead atoms. The van der Waals surface area contributed by atoms with Gasteiger partial charge in [-0.1, -0.05) is 0 Å². The van der Waals surface area contributed by atoms with E-state index in [-0.39, 0.29) is 6.61 Å². The van der Waals surface area contributed by atoms with Gasteiger partial charge in [-0.3, -0.25) is 4.90 Å². The molecule has 1 N–H and O–H groups in total. The maximum absolute atomic E-state index is 9.24. The van der Waals surface area contributed by atoms with Crippen LogP contribution in [0.4, 0.5) is 0 Å². The molecule has 0 aliphatic carbocycles. The third kappa shape index (κ3) is 3.42. The summed E-state index contributed by atoms with van der Waals surface area (Å²) in [7, 11) is 0. The molecule has 5 heteroatoms. The Labute approximate surface area is 136 Å². The van der Waals surface area contributed by atoms with E-state index in [1.165, 1.54) is 9.75 Å². The van der Waals surface area contributed by atoms with E-state index < -0.39 is 0 Å². The monoisotopic (exact) mass is 319 g/mol. The molecule has 1 aliphatic heterocycles. The molecule has 2 aromatic rings. The van der Waals surface area contributed by atoms with Gasteiger partial charge in [0.2, 0.25) is 0 Å². The summed E-state index contributed by atoms with van der Waals surface area (Å²) >= 11 is 1.91. The zero-order valence-corrected chi connectivity index (χ0v) is 14.3. The Morgan fingerprint density at radius 3 is 2.68 bits per heavy atom. The normalized spacial score (nSPS) is 17.2. The van der Waals surface area contributed by atoms with Gasteiger partial charge in [-0.25, -0.2) is 4.98 Å². The van der Waals surface area contributed by atoms with Crippen LogP contribution in [-0.4, -0.2) is 39.3 Å². The van der Waals surface area contributed by atoms with Crippen LogP contribution in [-0.2, 0) is 13.1 Å². The van der Waals surface area contributed by atoms with Crippen LogP contribution < -0.4 is 0 Å². The molecule has 0 aromatic carbocycles. The highest BCUT2D eigenvalue weighted by Gasteiger charge is 2.24. The molecule has 0 radical (unpaired) electrons. The standard InChI is InChI=1S/C17H25N3OS/c1-13-11-18-17(20(13)9-10-21)15-5-7-19(8-6-15)12-16-4-3-14(2)22-16/h3-4,11,15,21H,5-10,12H2,1-2H3. The number of likely N-dealkylation sites (tertiary alicyclic amines) is 1. The van der Waals surface area contributed by atoms with Gasteiger partial charge >= 0.3 is 0 Å². The van der Waals surface area contributed by atoms with Crippen LogP contribution in [0.15, 0.2) is 18.3 Å². The number of rotatable bonds is 5. The van der Waals surface area contributed by atoms with Gasteiger partial charge in [0.25, 0.3) is 0 Å². The summed E-state index contributed by atoms with van der Waals surface area (Å²) in [5.74, 6) is 1.69. The van der Waals surface area contributed by atoms with Crippen molar-refractivity contribution in [2.75, 3.05) is 19.7 Å². The van der Waals surface area contributed by atoms with E-state index in [9.17, 15) is 5.11 Å². The number of hydrogen-bond donors (Lipinski definition) is 1. The number of aliphatic hydroxyl groups excluding tert-OH is 1. The fourth-order valence-electron chi connectivity index (χ4n) is 3.34. The second-order valence-electron chi connectivity index (χ2n) is 6.20. The number of thiophene rings is 1.